The Labute approximate surface area is 250 Å². The molecule has 1 saturated carbocycles. The Kier molecular flexibility index (Phi) is 11.8. The number of amides is 1. The third-order valence-electron chi connectivity index (χ3n) is 7.50. The number of hydrogen-bond donors (Lipinski definition) is 2. The van der Waals surface area contributed by atoms with Crippen molar-refractivity contribution in [1.82, 2.24) is 14.9 Å². The number of carbonyl (C=O) groups excluding carboxylic acids is 1. The molecule has 0 bridgehead atoms. The molecule has 3 aromatic carbocycles. The molecule has 0 radical (unpaired) electrons. The van der Waals surface area contributed by atoms with Crippen molar-refractivity contribution in [3.63, 3.8) is 0 Å². The lowest BCUT2D eigenvalue weighted by Crippen LogP contribution is -2.37. The van der Waals surface area contributed by atoms with Gasteiger partial charge in [0.05, 0.1) is 4.90 Å². The molecule has 1 saturated heterocycles. The second-order valence-corrected chi connectivity index (χ2v) is 12.0. The molecule has 1 aliphatic heterocycles. The average molecular weight is 603 g/mol. The molecule has 5 rings (SSSR count). The number of carbonyl (C=O) groups is 1. The van der Waals surface area contributed by atoms with Crippen LogP contribution in [0.1, 0.15) is 41.9 Å². The summed E-state index contributed by atoms with van der Waals surface area (Å²) in [6.45, 7) is 4.25. The van der Waals surface area contributed by atoms with E-state index in [1.807, 2.05) is 12.1 Å². The average Bonchev–Trinajstić information content (AvgIpc) is 3.73. The highest BCUT2D eigenvalue weighted by molar-refractivity contribution is 7.90. The molecule has 2 N–H and O–H groups in total. The van der Waals surface area contributed by atoms with E-state index in [1.54, 1.807) is 24.3 Å². The number of sulfonamides is 1. The van der Waals surface area contributed by atoms with Crippen LogP contribution in [0.5, 0.6) is 0 Å². The second-order valence-electron chi connectivity index (χ2n) is 10.3. The van der Waals surface area contributed by atoms with Gasteiger partial charge in [-0.2, -0.15) is 0 Å². The molecule has 3 aromatic rings. The maximum atomic E-state index is 12.3. The van der Waals surface area contributed by atoms with Gasteiger partial charge in [0.25, 0.3) is 15.9 Å². The Morgan fingerprint density at radius 2 is 1.50 bits per heavy atom. The monoisotopic (exact) mass is 601 g/mol. The summed E-state index contributed by atoms with van der Waals surface area (Å²) in [6.07, 6.45) is 6.57. The molecule has 1 heterocycles. The fraction of sp³-hybridized carbons (Fsp3) is 0.323. The van der Waals surface area contributed by atoms with Crippen LogP contribution in [0.15, 0.2) is 95.9 Å². The standard InChI is InChI=1S/C31H35N3O3S.2ClH/c35-31(33-38(36,37)28-9-5-2-6-10-28)16-15-24-11-13-26(14-12-24)23-34-19-17-25(18-20-34)22-32-30-21-29(30)27-7-3-1-4-8-27;;/h1-16,25,29-30,32H,17-23H2,(H,33,35);2*1H/b16-15+;;/t29-,30+;;/m0../s1. The van der Waals surface area contributed by atoms with Crippen molar-refractivity contribution in [3.8, 4) is 0 Å². The van der Waals surface area contributed by atoms with E-state index in [1.165, 1.54) is 48.6 Å². The molecular weight excluding hydrogens is 565 g/mol. The number of piperidine rings is 1. The number of nitrogens with one attached hydrogen (secondary N) is 2. The smallest absolute Gasteiger partial charge is 0.264 e. The van der Waals surface area contributed by atoms with Gasteiger partial charge in [0, 0.05) is 24.6 Å². The maximum Gasteiger partial charge on any atom is 0.264 e. The molecule has 2 atom stereocenters. The van der Waals surface area contributed by atoms with Crippen molar-refractivity contribution in [2.75, 3.05) is 19.6 Å². The quantitative estimate of drug-likeness (QED) is 0.304. The van der Waals surface area contributed by atoms with E-state index in [0.29, 0.717) is 12.0 Å². The second kappa shape index (κ2) is 14.8. The first kappa shape index (κ1) is 31.8. The first-order valence-corrected chi connectivity index (χ1v) is 14.8. The number of likely N-dealkylation sites (tertiary alicyclic amines) is 1. The van der Waals surface area contributed by atoms with Crippen LogP contribution in [-0.2, 0) is 21.4 Å². The van der Waals surface area contributed by atoms with Crippen LogP contribution in [0.2, 0.25) is 0 Å². The van der Waals surface area contributed by atoms with Gasteiger partial charge in [-0.05, 0) is 79.7 Å². The summed E-state index contributed by atoms with van der Waals surface area (Å²) in [5.74, 6) is 0.756. The van der Waals surface area contributed by atoms with Gasteiger partial charge >= 0.3 is 0 Å². The van der Waals surface area contributed by atoms with E-state index in [2.05, 4.69) is 57.4 Å². The molecule has 214 valence electrons. The van der Waals surface area contributed by atoms with E-state index in [4.69, 9.17) is 0 Å². The molecular formula is C31H37Cl2N3O3S. The van der Waals surface area contributed by atoms with Crippen molar-refractivity contribution in [2.45, 2.75) is 42.7 Å². The van der Waals surface area contributed by atoms with Gasteiger partial charge in [-0.1, -0.05) is 72.8 Å². The zero-order valence-corrected chi connectivity index (χ0v) is 24.8. The molecule has 40 heavy (non-hydrogen) atoms. The SMILES string of the molecule is Cl.Cl.O=C(/C=C/c1ccc(CN2CCC(CN[C@@H]3C[C@H]3c3ccccc3)CC2)cc1)NS(=O)(=O)c1ccccc1. The minimum Gasteiger partial charge on any atom is -0.313 e. The van der Waals surface area contributed by atoms with Crippen LogP contribution in [0.4, 0.5) is 0 Å². The first-order valence-electron chi connectivity index (χ1n) is 13.4. The minimum atomic E-state index is -3.87. The van der Waals surface area contributed by atoms with Crippen LogP contribution in [-0.4, -0.2) is 44.9 Å². The van der Waals surface area contributed by atoms with Crippen LogP contribution >= 0.6 is 24.8 Å². The summed E-state index contributed by atoms with van der Waals surface area (Å²) < 4.78 is 26.6. The van der Waals surface area contributed by atoms with Crippen molar-refractivity contribution in [3.05, 3.63) is 108 Å². The van der Waals surface area contributed by atoms with Gasteiger partial charge in [-0.15, -0.1) is 24.8 Å². The summed E-state index contributed by atoms with van der Waals surface area (Å²) in [6, 6.07) is 27.4. The molecule has 0 aromatic heterocycles. The van der Waals surface area contributed by atoms with E-state index in [9.17, 15) is 13.2 Å². The van der Waals surface area contributed by atoms with E-state index in [0.717, 1.165) is 37.7 Å². The summed E-state index contributed by atoms with van der Waals surface area (Å²) in [7, 11) is -3.87. The number of rotatable bonds is 10. The zero-order chi connectivity index (χ0) is 26.4. The van der Waals surface area contributed by atoms with Gasteiger partial charge in [0.1, 0.15) is 0 Å². The molecule has 2 aliphatic rings. The van der Waals surface area contributed by atoms with E-state index in [-0.39, 0.29) is 29.7 Å². The summed E-state index contributed by atoms with van der Waals surface area (Å²) >= 11 is 0. The van der Waals surface area contributed by atoms with Gasteiger partial charge in [-0.3, -0.25) is 9.69 Å². The Bertz CT molecular complexity index is 1350. The Hall–Kier alpha value is -2.68. The number of halogens is 2. The first-order chi connectivity index (χ1) is 18.5. The largest absolute Gasteiger partial charge is 0.313 e. The number of hydrogen-bond acceptors (Lipinski definition) is 5. The molecule has 0 unspecified atom stereocenters. The molecule has 1 aliphatic carbocycles. The highest BCUT2D eigenvalue weighted by Crippen LogP contribution is 2.40. The van der Waals surface area contributed by atoms with Crippen LogP contribution in [0.3, 0.4) is 0 Å². The van der Waals surface area contributed by atoms with E-state index < -0.39 is 15.9 Å². The highest BCUT2D eigenvalue weighted by atomic mass is 35.5. The summed E-state index contributed by atoms with van der Waals surface area (Å²) in [4.78, 5) is 14.7. The van der Waals surface area contributed by atoms with Gasteiger partial charge in [0.2, 0.25) is 0 Å². The van der Waals surface area contributed by atoms with Crippen molar-refractivity contribution < 1.29 is 13.2 Å². The zero-order valence-electron chi connectivity index (χ0n) is 22.3. The maximum absolute atomic E-state index is 12.3. The van der Waals surface area contributed by atoms with Crippen LogP contribution in [0, 0.1) is 5.92 Å². The summed E-state index contributed by atoms with van der Waals surface area (Å²) in [5.41, 5.74) is 3.54. The third kappa shape index (κ3) is 8.91. The highest BCUT2D eigenvalue weighted by Gasteiger charge is 2.38. The van der Waals surface area contributed by atoms with Gasteiger partial charge in [0.15, 0.2) is 0 Å². The van der Waals surface area contributed by atoms with Gasteiger partial charge < -0.3 is 5.32 Å². The number of nitrogens with zero attached hydrogens (tertiary/aromatic N) is 1. The van der Waals surface area contributed by atoms with Crippen molar-refractivity contribution in [1.29, 1.82) is 0 Å². The van der Waals surface area contributed by atoms with Crippen LogP contribution in [0.25, 0.3) is 6.08 Å². The Morgan fingerprint density at radius 1 is 0.875 bits per heavy atom. The van der Waals surface area contributed by atoms with Crippen molar-refractivity contribution >= 4 is 46.8 Å². The lowest BCUT2D eigenvalue weighted by molar-refractivity contribution is -0.114. The van der Waals surface area contributed by atoms with Crippen molar-refractivity contribution in [2.24, 2.45) is 5.92 Å². The Morgan fingerprint density at radius 3 is 2.15 bits per heavy atom. The molecule has 0 spiro atoms. The fourth-order valence-electron chi connectivity index (χ4n) is 5.15. The lowest BCUT2D eigenvalue weighted by atomic mass is 9.96. The predicted molar refractivity (Wildman–Crippen MR) is 165 cm³/mol. The molecule has 1 amide bonds. The van der Waals surface area contributed by atoms with Crippen LogP contribution < -0.4 is 10.0 Å². The third-order valence-corrected chi connectivity index (χ3v) is 8.86. The predicted octanol–water partition coefficient (Wildman–Crippen LogP) is 5.41. The lowest BCUT2D eigenvalue weighted by Gasteiger charge is -2.32. The molecule has 9 heteroatoms. The Balaban J connectivity index is 0.00000220. The van der Waals surface area contributed by atoms with Gasteiger partial charge in [-0.25, -0.2) is 13.1 Å². The molecule has 2 fully saturated rings. The summed E-state index contributed by atoms with van der Waals surface area (Å²) in [5, 5.41) is 3.80. The normalized spacial score (nSPS) is 19.4. The number of benzene rings is 3. The fourth-order valence-corrected chi connectivity index (χ4v) is 6.11. The minimum absolute atomic E-state index is 0. The van der Waals surface area contributed by atoms with E-state index >= 15 is 0 Å². The topological polar surface area (TPSA) is 78.5 Å². The molecule has 6 nitrogen and oxygen atoms in total.